The molecule has 1 heterocycles. The highest BCUT2D eigenvalue weighted by Crippen LogP contribution is 2.41. The lowest BCUT2D eigenvalue weighted by Gasteiger charge is -2.25. The third kappa shape index (κ3) is 4.54. The standard InChI is InChI=1S/C23H26Cl2N4/c1-5-15(6-2)23-21(14(3)28-29-26-4)22(16-8-7-9-17(24)12-16)19-13-18(25)10-11-20(19)27-23/h7-15H,5-6H2,1-4H3,(H,26,28). The van der Waals surface area contributed by atoms with Crippen molar-refractivity contribution < 1.29 is 0 Å². The lowest BCUT2D eigenvalue weighted by atomic mass is 9.85. The van der Waals surface area contributed by atoms with E-state index in [4.69, 9.17) is 28.2 Å². The van der Waals surface area contributed by atoms with Gasteiger partial charge in [-0.15, -0.1) is 0 Å². The van der Waals surface area contributed by atoms with Gasteiger partial charge < -0.3 is 0 Å². The smallest absolute Gasteiger partial charge is 0.0712 e. The molecule has 0 saturated carbocycles. The van der Waals surface area contributed by atoms with Crippen LogP contribution >= 0.6 is 23.2 Å². The number of nitrogens with zero attached hydrogens (tertiary/aromatic N) is 3. The van der Waals surface area contributed by atoms with Gasteiger partial charge in [0.1, 0.15) is 0 Å². The Morgan fingerprint density at radius 2 is 1.76 bits per heavy atom. The summed E-state index contributed by atoms with van der Waals surface area (Å²) in [4.78, 5) is 5.09. The Kier molecular flexibility index (Phi) is 7.09. The van der Waals surface area contributed by atoms with E-state index in [-0.39, 0.29) is 6.04 Å². The molecule has 0 saturated heterocycles. The molecule has 3 aromatic rings. The zero-order valence-corrected chi connectivity index (χ0v) is 18.7. The summed E-state index contributed by atoms with van der Waals surface area (Å²) in [6, 6.07) is 13.7. The van der Waals surface area contributed by atoms with Crippen LogP contribution < -0.4 is 5.43 Å². The summed E-state index contributed by atoms with van der Waals surface area (Å²) in [6.45, 7) is 6.49. The number of halogens is 2. The normalized spacial score (nSPS) is 12.8. The van der Waals surface area contributed by atoms with Crippen molar-refractivity contribution in [2.24, 2.45) is 10.3 Å². The first-order chi connectivity index (χ1) is 14.0. The second kappa shape index (κ2) is 9.55. The first-order valence-corrected chi connectivity index (χ1v) is 10.7. The fraction of sp³-hybridized carbons (Fsp3) is 0.348. The van der Waals surface area contributed by atoms with Crippen LogP contribution in [-0.4, -0.2) is 12.0 Å². The number of pyridine rings is 1. The van der Waals surface area contributed by atoms with Gasteiger partial charge in [0.2, 0.25) is 0 Å². The highest BCUT2D eigenvalue weighted by Gasteiger charge is 2.25. The fourth-order valence-corrected chi connectivity index (χ4v) is 4.22. The first-order valence-electron chi connectivity index (χ1n) is 9.93. The van der Waals surface area contributed by atoms with Crippen LogP contribution in [0.15, 0.2) is 52.8 Å². The predicted octanol–water partition coefficient (Wildman–Crippen LogP) is 7.76. The molecule has 2 aromatic carbocycles. The van der Waals surface area contributed by atoms with E-state index in [1.54, 1.807) is 7.05 Å². The minimum absolute atomic E-state index is 0.0841. The third-order valence-corrected chi connectivity index (χ3v) is 5.75. The highest BCUT2D eigenvalue weighted by atomic mass is 35.5. The fourth-order valence-electron chi connectivity index (χ4n) is 3.86. The van der Waals surface area contributed by atoms with Gasteiger partial charge in [-0.3, -0.25) is 10.4 Å². The van der Waals surface area contributed by atoms with Crippen molar-refractivity contribution in [2.75, 3.05) is 7.05 Å². The third-order valence-electron chi connectivity index (χ3n) is 5.28. The number of benzene rings is 2. The molecule has 0 aliphatic rings. The van der Waals surface area contributed by atoms with Gasteiger partial charge in [-0.05, 0) is 61.2 Å². The zero-order chi connectivity index (χ0) is 21.0. The summed E-state index contributed by atoms with van der Waals surface area (Å²) in [6.07, 6.45) is 2.01. The summed E-state index contributed by atoms with van der Waals surface area (Å²) in [7, 11) is 1.65. The van der Waals surface area contributed by atoms with Crippen molar-refractivity contribution in [1.82, 2.24) is 10.4 Å². The maximum Gasteiger partial charge on any atom is 0.0712 e. The first kappa shape index (κ1) is 21.5. The van der Waals surface area contributed by atoms with Crippen molar-refractivity contribution in [3.8, 4) is 11.1 Å². The minimum atomic E-state index is -0.0841. The van der Waals surface area contributed by atoms with E-state index in [0.717, 1.165) is 46.1 Å². The molecule has 6 heteroatoms. The van der Waals surface area contributed by atoms with Crippen molar-refractivity contribution in [3.05, 3.63) is 63.8 Å². The summed E-state index contributed by atoms with van der Waals surface area (Å²) in [5.41, 5.74) is 8.41. The van der Waals surface area contributed by atoms with E-state index in [1.165, 1.54) is 0 Å². The Labute approximate surface area is 182 Å². The Bertz CT molecular complexity index is 1030. The van der Waals surface area contributed by atoms with Crippen molar-refractivity contribution in [3.63, 3.8) is 0 Å². The summed E-state index contributed by atoms with van der Waals surface area (Å²) in [5.74, 6) is 0.339. The quantitative estimate of drug-likeness (QED) is 0.308. The molecule has 1 aromatic heterocycles. The van der Waals surface area contributed by atoms with Crippen LogP contribution in [0.4, 0.5) is 0 Å². The van der Waals surface area contributed by atoms with E-state index in [1.807, 2.05) is 36.4 Å². The van der Waals surface area contributed by atoms with Gasteiger partial charge in [0.15, 0.2) is 0 Å². The van der Waals surface area contributed by atoms with Crippen LogP contribution in [0.25, 0.3) is 22.0 Å². The van der Waals surface area contributed by atoms with Crippen molar-refractivity contribution >= 4 is 34.1 Å². The average molecular weight is 429 g/mol. The number of hydrogen-bond donors (Lipinski definition) is 1. The van der Waals surface area contributed by atoms with Crippen LogP contribution in [0.3, 0.4) is 0 Å². The molecule has 0 bridgehead atoms. The molecule has 0 aliphatic carbocycles. The molecule has 4 nitrogen and oxygen atoms in total. The van der Waals surface area contributed by atoms with E-state index in [0.29, 0.717) is 16.0 Å². The molecular formula is C23H26Cl2N4. The average Bonchev–Trinajstić information content (AvgIpc) is 2.72. The van der Waals surface area contributed by atoms with Crippen LogP contribution in [0.1, 0.15) is 56.8 Å². The lowest BCUT2D eigenvalue weighted by Crippen LogP contribution is -2.18. The molecular weight excluding hydrogens is 403 g/mol. The largest absolute Gasteiger partial charge is 0.284 e. The molecule has 0 spiro atoms. The van der Waals surface area contributed by atoms with Crippen LogP contribution in [0.2, 0.25) is 10.0 Å². The second-order valence-electron chi connectivity index (χ2n) is 7.12. The minimum Gasteiger partial charge on any atom is -0.284 e. The maximum absolute atomic E-state index is 6.38. The summed E-state index contributed by atoms with van der Waals surface area (Å²) < 4.78 is 0. The van der Waals surface area contributed by atoms with Crippen molar-refractivity contribution in [2.45, 2.75) is 45.6 Å². The van der Waals surface area contributed by atoms with E-state index >= 15 is 0 Å². The predicted molar refractivity (Wildman–Crippen MR) is 123 cm³/mol. The SMILES string of the molecule is CCC(CC)c1nc2ccc(Cl)cc2c(-c2cccc(Cl)c2)c1C(C)NN=NC. The number of aromatic nitrogens is 1. The Balaban J connectivity index is 2.45. The Hall–Kier alpha value is -2.17. The van der Waals surface area contributed by atoms with Gasteiger partial charge in [0, 0.05) is 26.9 Å². The van der Waals surface area contributed by atoms with Crippen molar-refractivity contribution in [1.29, 1.82) is 0 Å². The molecule has 0 radical (unpaired) electrons. The number of fused-ring (bicyclic) bond motifs is 1. The van der Waals surface area contributed by atoms with Gasteiger partial charge in [-0.2, -0.15) is 5.11 Å². The molecule has 1 N–H and O–H groups in total. The zero-order valence-electron chi connectivity index (χ0n) is 17.2. The van der Waals surface area contributed by atoms with E-state index < -0.39 is 0 Å². The number of nitrogens with one attached hydrogen (secondary N) is 1. The van der Waals surface area contributed by atoms with Gasteiger partial charge >= 0.3 is 0 Å². The molecule has 0 amide bonds. The molecule has 29 heavy (non-hydrogen) atoms. The monoisotopic (exact) mass is 428 g/mol. The molecule has 1 atom stereocenters. The number of rotatable bonds is 7. The Morgan fingerprint density at radius 1 is 1.03 bits per heavy atom. The van der Waals surface area contributed by atoms with Crippen LogP contribution in [-0.2, 0) is 0 Å². The maximum atomic E-state index is 6.38. The lowest BCUT2D eigenvalue weighted by molar-refractivity contribution is 0.548. The van der Waals surface area contributed by atoms with E-state index in [2.05, 4.69) is 42.6 Å². The molecule has 0 fully saturated rings. The Morgan fingerprint density at radius 3 is 2.41 bits per heavy atom. The second-order valence-corrected chi connectivity index (χ2v) is 7.99. The van der Waals surface area contributed by atoms with Gasteiger partial charge in [-0.1, -0.05) is 54.4 Å². The number of hydrogen-bond acceptors (Lipinski definition) is 3. The summed E-state index contributed by atoms with van der Waals surface area (Å²) in [5, 5.41) is 10.3. The van der Waals surface area contributed by atoms with Gasteiger partial charge in [-0.25, -0.2) is 0 Å². The van der Waals surface area contributed by atoms with Crippen LogP contribution in [0, 0.1) is 0 Å². The molecule has 152 valence electrons. The van der Waals surface area contributed by atoms with Gasteiger partial charge in [0.05, 0.1) is 24.3 Å². The van der Waals surface area contributed by atoms with E-state index in [9.17, 15) is 0 Å². The topological polar surface area (TPSA) is 49.6 Å². The van der Waals surface area contributed by atoms with Crippen LogP contribution in [0.5, 0.6) is 0 Å². The highest BCUT2D eigenvalue weighted by molar-refractivity contribution is 6.32. The molecule has 3 rings (SSSR count). The summed E-state index contributed by atoms with van der Waals surface area (Å²) >= 11 is 12.7. The molecule has 1 unspecified atom stereocenters. The molecule has 0 aliphatic heterocycles. The van der Waals surface area contributed by atoms with Gasteiger partial charge in [0.25, 0.3) is 0 Å².